The van der Waals surface area contributed by atoms with E-state index in [1.54, 1.807) is 18.3 Å². The fraction of sp³-hybridized carbons (Fsp3) is 0.300. The van der Waals surface area contributed by atoms with Crippen LogP contribution < -0.4 is 0 Å². The van der Waals surface area contributed by atoms with Crippen molar-refractivity contribution in [2.75, 3.05) is 0 Å². The van der Waals surface area contributed by atoms with Gasteiger partial charge in [0.1, 0.15) is 16.7 Å². The molecule has 0 fully saturated rings. The Hall–Kier alpha value is -1.22. The van der Waals surface area contributed by atoms with E-state index in [4.69, 9.17) is 11.6 Å². The van der Waals surface area contributed by atoms with Crippen molar-refractivity contribution in [3.05, 3.63) is 29.0 Å². The van der Waals surface area contributed by atoms with Gasteiger partial charge in [-0.1, -0.05) is 11.6 Å². The zero-order valence-corrected chi connectivity index (χ0v) is 8.54. The van der Waals surface area contributed by atoms with E-state index in [1.165, 1.54) is 6.92 Å². The number of Topliss-reactive ketones (excluding diaryl/α,β-unsaturated/α-hetero) is 2. The number of hydrogen-bond acceptors (Lipinski definition) is 3. The van der Waals surface area contributed by atoms with Crippen molar-refractivity contribution in [1.29, 1.82) is 0 Å². The average Bonchev–Trinajstić information content (AvgIpc) is 2.01. The second-order valence-electron chi connectivity index (χ2n) is 3.08. The van der Waals surface area contributed by atoms with Crippen LogP contribution in [-0.2, 0) is 16.0 Å². The van der Waals surface area contributed by atoms with Crippen molar-refractivity contribution in [3.8, 4) is 0 Å². The van der Waals surface area contributed by atoms with Crippen molar-refractivity contribution >= 4 is 23.2 Å². The molecule has 1 aromatic heterocycles. The summed E-state index contributed by atoms with van der Waals surface area (Å²) in [5, 5.41) is 0.359. The third kappa shape index (κ3) is 3.66. The molecule has 3 nitrogen and oxygen atoms in total. The summed E-state index contributed by atoms with van der Waals surface area (Å²) in [6.45, 7) is 1.40. The normalized spacial score (nSPS) is 9.86. The molecule has 0 atom stereocenters. The first-order valence-electron chi connectivity index (χ1n) is 4.19. The van der Waals surface area contributed by atoms with Crippen LogP contribution in [0.3, 0.4) is 0 Å². The van der Waals surface area contributed by atoms with Gasteiger partial charge in [-0.2, -0.15) is 0 Å². The first-order valence-corrected chi connectivity index (χ1v) is 4.57. The minimum absolute atomic E-state index is 0.0139. The molecule has 74 valence electrons. The lowest BCUT2D eigenvalue weighted by atomic mass is 10.1. The van der Waals surface area contributed by atoms with Crippen LogP contribution in [0.5, 0.6) is 0 Å². The van der Waals surface area contributed by atoms with Gasteiger partial charge in [0.15, 0.2) is 0 Å². The van der Waals surface area contributed by atoms with E-state index in [9.17, 15) is 9.59 Å². The molecule has 1 heterocycles. The number of nitrogens with zero attached hydrogens (tertiary/aromatic N) is 1. The molecule has 0 bridgehead atoms. The van der Waals surface area contributed by atoms with Crippen LogP contribution in [0.25, 0.3) is 0 Å². The SMILES string of the molecule is CC(=O)CC(=O)Cc1ccnc(Cl)c1. The molecular formula is C10H10ClNO2. The van der Waals surface area contributed by atoms with E-state index in [1.807, 2.05) is 0 Å². The standard InChI is InChI=1S/C10H10ClNO2/c1-7(13)4-9(14)5-8-2-3-12-10(11)6-8/h2-3,6H,4-5H2,1H3. The van der Waals surface area contributed by atoms with E-state index < -0.39 is 0 Å². The fourth-order valence-corrected chi connectivity index (χ4v) is 1.32. The largest absolute Gasteiger partial charge is 0.300 e. The molecule has 1 rings (SSSR count). The third-order valence-electron chi connectivity index (χ3n) is 1.64. The number of rotatable bonds is 4. The van der Waals surface area contributed by atoms with Crippen molar-refractivity contribution in [1.82, 2.24) is 4.98 Å². The smallest absolute Gasteiger partial charge is 0.144 e. The van der Waals surface area contributed by atoms with E-state index in [0.717, 1.165) is 5.56 Å². The summed E-state index contributed by atoms with van der Waals surface area (Å²) in [5.41, 5.74) is 0.788. The van der Waals surface area contributed by atoms with Crippen LogP contribution in [-0.4, -0.2) is 16.6 Å². The van der Waals surface area contributed by atoms with E-state index in [2.05, 4.69) is 4.98 Å². The Balaban J connectivity index is 2.60. The molecule has 4 heteroatoms. The predicted molar refractivity (Wildman–Crippen MR) is 53.3 cm³/mol. The molecule has 0 spiro atoms. The predicted octanol–water partition coefficient (Wildman–Crippen LogP) is 1.83. The third-order valence-corrected chi connectivity index (χ3v) is 1.85. The van der Waals surface area contributed by atoms with Gasteiger partial charge in [-0.25, -0.2) is 4.98 Å². The Labute approximate surface area is 87.1 Å². The number of carbonyl (C=O) groups is 2. The maximum Gasteiger partial charge on any atom is 0.144 e. The Morgan fingerprint density at radius 2 is 2.21 bits per heavy atom. The summed E-state index contributed by atoms with van der Waals surface area (Å²) in [5.74, 6) is -0.213. The molecule has 0 aliphatic heterocycles. The molecular weight excluding hydrogens is 202 g/mol. The van der Waals surface area contributed by atoms with Gasteiger partial charge >= 0.3 is 0 Å². The minimum atomic E-state index is -0.116. The van der Waals surface area contributed by atoms with Crippen molar-refractivity contribution in [3.63, 3.8) is 0 Å². The van der Waals surface area contributed by atoms with Gasteiger partial charge in [0.25, 0.3) is 0 Å². The Kier molecular flexibility index (Phi) is 3.77. The maximum atomic E-state index is 11.2. The number of hydrogen-bond donors (Lipinski definition) is 0. The Bertz CT molecular complexity index is 363. The molecule has 0 N–H and O–H groups in total. The fourth-order valence-electron chi connectivity index (χ4n) is 1.12. The molecule has 1 aromatic rings. The minimum Gasteiger partial charge on any atom is -0.300 e. The first-order chi connectivity index (χ1) is 6.58. The number of halogens is 1. The van der Waals surface area contributed by atoms with Gasteiger partial charge in [-0.3, -0.25) is 9.59 Å². The molecule has 14 heavy (non-hydrogen) atoms. The summed E-state index contributed by atoms with van der Waals surface area (Å²) >= 11 is 5.64. The average molecular weight is 212 g/mol. The molecule has 0 aliphatic rings. The van der Waals surface area contributed by atoms with E-state index in [0.29, 0.717) is 5.15 Å². The van der Waals surface area contributed by atoms with Gasteiger partial charge in [0.05, 0.1) is 6.42 Å². The van der Waals surface area contributed by atoms with E-state index in [-0.39, 0.29) is 24.4 Å². The second-order valence-corrected chi connectivity index (χ2v) is 3.47. The first kappa shape index (κ1) is 10.9. The second kappa shape index (κ2) is 4.86. The molecule has 0 aromatic carbocycles. The molecule has 0 saturated carbocycles. The van der Waals surface area contributed by atoms with E-state index >= 15 is 0 Å². The molecule has 0 aliphatic carbocycles. The van der Waals surface area contributed by atoms with Crippen molar-refractivity contribution in [2.24, 2.45) is 0 Å². The lowest BCUT2D eigenvalue weighted by Gasteiger charge is -1.99. The molecule has 0 saturated heterocycles. The Morgan fingerprint density at radius 1 is 1.50 bits per heavy atom. The topological polar surface area (TPSA) is 47.0 Å². The van der Waals surface area contributed by atoms with Crippen LogP contribution in [0, 0.1) is 0 Å². The van der Waals surface area contributed by atoms with Crippen molar-refractivity contribution in [2.45, 2.75) is 19.8 Å². The highest BCUT2D eigenvalue weighted by molar-refractivity contribution is 6.29. The molecule has 0 amide bonds. The molecule has 0 unspecified atom stereocenters. The van der Waals surface area contributed by atoms with Crippen LogP contribution in [0.2, 0.25) is 5.15 Å². The van der Waals surface area contributed by atoms with Gasteiger partial charge in [-0.15, -0.1) is 0 Å². The lowest BCUT2D eigenvalue weighted by molar-refractivity contribution is -0.125. The maximum absolute atomic E-state index is 11.2. The summed E-state index contributed by atoms with van der Waals surface area (Å²) in [4.78, 5) is 25.7. The highest BCUT2D eigenvalue weighted by atomic mass is 35.5. The monoisotopic (exact) mass is 211 g/mol. The van der Waals surface area contributed by atoms with Gasteiger partial charge in [-0.05, 0) is 24.6 Å². The summed E-state index contributed by atoms with van der Waals surface area (Å²) < 4.78 is 0. The number of ketones is 2. The zero-order valence-electron chi connectivity index (χ0n) is 7.79. The Morgan fingerprint density at radius 3 is 2.79 bits per heavy atom. The van der Waals surface area contributed by atoms with Crippen LogP contribution >= 0.6 is 11.6 Å². The molecule has 0 radical (unpaired) electrons. The highest BCUT2D eigenvalue weighted by Crippen LogP contribution is 2.08. The van der Waals surface area contributed by atoms with Gasteiger partial charge < -0.3 is 0 Å². The van der Waals surface area contributed by atoms with Crippen molar-refractivity contribution < 1.29 is 9.59 Å². The highest BCUT2D eigenvalue weighted by Gasteiger charge is 2.06. The summed E-state index contributed by atoms with van der Waals surface area (Å²) in [7, 11) is 0. The number of aromatic nitrogens is 1. The lowest BCUT2D eigenvalue weighted by Crippen LogP contribution is -2.07. The summed E-state index contributed by atoms with van der Waals surface area (Å²) in [6.07, 6.45) is 1.76. The van der Waals surface area contributed by atoms with Gasteiger partial charge in [0, 0.05) is 12.6 Å². The van der Waals surface area contributed by atoms with Crippen LogP contribution in [0.1, 0.15) is 18.9 Å². The van der Waals surface area contributed by atoms with Gasteiger partial charge in [0.2, 0.25) is 0 Å². The number of pyridine rings is 1. The van der Waals surface area contributed by atoms with Crippen LogP contribution in [0.15, 0.2) is 18.3 Å². The number of carbonyl (C=O) groups excluding carboxylic acids is 2. The zero-order chi connectivity index (χ0) is 10.6. The summed E-state index contributed by atoms with van der Waals surface area (Å²) in [6, 6.07) is 3.34. The quantitative estimate of drug-likeness (QED) is 0.564. The van der Waals surface area contributed by atoms with Crippen LogP contribution in [0.4, 0.5) is 0 Å².